The lowest BCUT2D eigenvalue weighted by Gasteiger charge is -2.12. The van der Waals surface area contributed by atoms with Crippen molar-refractivity contribution in [1.82, 2.24) is 9.97 Å². The van der Waals surface area contributed by atoms with Crippen molar-refractivity contribution in [2.45, 2.75) is 39.5 Å². The predicted octanol–water partition coefficient (Wildman–Crippen LogP) is 3.06. The van der Waals surface area contributed by atoms with Crippen molar-refractivity contribution in [3.05, 3.63) is 18.1 Å². The first-order valence-electron chi connectivity index (χ1n) is 6.22. The average Bonchev–Trinajstić information content (AvgIpc) is 3.10. The van der Waals surface area contributed by atoms with Crippen LogP contribution in [0.15, 0.2) is 12.4 Å². The summed E-state index contributed by atoms with van der Waals surface area (Å²) in [4.78, 5) is 8.51. The molecule has 0 saturated heterocycles. The van der Waals surface area contributed by atoms with Gasteiger partial charge in [0.2, 0.25) is 0 Å². The number of hydrogen-bond donors (Lipinski definition) is 1. The second-order valence-electron chi connectivity index (χ2n) is 5.18. The van der Waals surface area contributed by atoms with Gasteiger partial charge in [-0.05, 0) is 30.6 Å². The Labute approximate surface area is 97.7 Å². The molecule has 0 aromatic carbocycles. The summed E-state index contributed by atoms with van der Waals surface area (Å²) in [6.45, 7) is 7.65. The van der Waals surface area contributed by atoms with E-state index in [1.165, 1.54) is 12.8 Å². The van der Waals surface area contributed by atoms with Crippen LogP contribution in [-0.2, 0) is 0 Å². The Morgan fingerprint density at radius 1 is 1.31 bits per heavy atom. The maximum atomic E-state index is 4.26. The predicted molar refractivity (Wildman–Crippen MR) is 66.5 cm³/mol. The Morgan fingerprint density at radius 2 is 2.06 bits per heavy atom. The van der Waals surface area contributed by atoms with Crippen LogP contribution in [0.2, 0.25) is 0 Å². The van der Waals surface area contributed by atoms with Gasteiger partial charge in [-0.15, -0.1) is 0 Å². The molecule has 3 heteroatoms. The van der Waals surface area contributed by atoms with Crippen LogP contribution in [-0.4, -0.2) is 16.5 Å². The quantitative estimate of drug-likeness (QED) is 0.827. The van der Waals surface area contributed by atoms with Gasteiger partial charge in [-0.2, -0.15) is 0 Å². The maximum absolute atomic E-state index is 4.26. The van der Waals surface area contributed by atoms with Crippen molar-refractivity contribution in [3.63, 3.8) is 0 Å². The number of rotatable bonds is 5. The summed E-state index contributed by atoms with van der Waals surface area (Å²) in [7, 11) is 0. The Bertz CT molecular complexity index is 345. The fraction of sp³-hybridized carbons (Fsp3) is 0.692. The molecule has 3 nitrogen and oxygen atoms in total. The molecule has 0 radical (unpaired) electrons. The van der Waals surface area contributed by atoms with Gasteiger partial charge >= 0.3 is 0 Å². The van der Waals surface area contributed by atoms with Crippen LogP contribution in [0.4, 0.5) is 5.82 Å². The molecule has 0 amide bonds. The van der Waals surface area contributed by atoms with Gasteiger partial charge in [-0.1, -0.05) is 20.8 Å². The Morgan fingerprint density at radius 3 is 2.69 bits per heavy atom. The third kappa shape index (κ3) is 2.94. The summed E-state index contributed by atoms with van der Waals surface area (Å²) in [5, 5.41) is 3.41. The summed E-state index contributed by atoms with van der Waals surface area (Å²) in [5.74, 6) is 3.13. The van der Waals surface area contributed by atoms with E-state index in [1.807, 2.05) is 0 Å². The van der Waals surface area contributed by atoms with Gasteiger partial charge in [-0.25, -0.2) is 9.97 Å². The van der Waals surface area contributed by atoms with Crippen molar-refractivity contribution < 1.29 is 0 Å². The van der Waals surface area contributed by atoms with Crippen molar-refractivity contribution in [3.8, 4) is 0 Å². The number of anilines is 1. The highest BCUT2D eigenvalue weighted by atomic mass is 15.0. The minimum Gasteiger partial charge on any atom is -0.370 e. The number of nitrogens with one attached hydrogen (secondary N) is 1. The molecule has 2 rings (SSSR count). The maximum Gasteiger partial charge on any atom is 0.129 e. The molecule has 1 aliphatic carbocycles. The molecule has 16 heavy (non-hydrogen) atoms. The second-order valence-corrected chi connectivity index (χ2v) is 5.18. The Hall–Kier alpha value is -1.12. The van der Waals surface area contributed by atoms with Crippen molar-refractivity contribution in [2.75, 3.05) is 11.9 Å². The van der Waals surface area contributed by atoms with Crippen LogP contribution in [0.3, 0.4) is 0 Å². The van der Waals surface area contributed by atoms with Crippen LogP contribution < -0.4 is 5.32 Å². The minimum atomic E-state index is 0.462. The lowest BCUT2D eigenvalue weighted by molar-refractivity contribution is 0.536. The van der Waals surface area contributed by atoms with E-state index in [1.54, 1.807) is 6.33 Å². The molecule has 1 fully saturated rings. The average molecular weight is 219 g/mol. The fourth-order valence-electron chi connectivity index (χ4n) is 1.88. The molecule has 1 unspecified atom stereocenters. The molecule has 1 N–H and O–H groups in total. The first-order chi connectivity index (χ1) is 7.66. The van der Waals surface area contributed by atoms with Gasteiger partial charge in [-0.3, -0.25) is 0 Å². The van der Waals surface area contributed by atoms with Gasteiger partial charge in [0, 0.05) is 18.3 Å². The molecule has 1 aliphatic rings. The van der Waals surface area contributed by atoms with E-state index in [0.717, 1.165) is 29.9 Å². The molecule has 1 heterocycles. The molecule has 1 aromatic rings. The van der Waals surface area contributed by atoms with E-state index in [4.69, 9.17) is 0 Å². The summed E-state index contributed by atoms with van der Waals surface area (Å²) < 4.78 is 0. The monoisotopic (exact) mass is 219 g/mol. The smallest absolute Gasteiger partial charge is 0.129 e. The zero-order valence-electron chi connectivity index (χ0n) is 10.4. The fourth-order valence-corrected chi connectivity index (χ4v) is 1.88. The van der Waals surface area contributed by atoms with E-state index in [9.17, 15) is 0 Å². The third-order valence-corrected chi connectivity index (χ3v) is 3.31. The van der Waals surface area contributed by atoms with Crippen LogP contribution in [0.1, 0.15) is 45.2 Å². The van der Waals surface area contributed by atoms with E-state index >= 15 is 0 Å². The highest BCUT2D eigenvalue weighted by molar-refractivity contribution is 5.35. The largest absolute Gasteiger partial charge is 0.370 e. The van der Waals surface area contributed by atoms with Crippen LogP contribution in [0.25, 0.3) is 0 Å². The topological polar surface area (TPSA) is 37.8 Å². The molecule has 0 bridgehead atoms. The summed E-state index contributed by atoms with van der Waals surface area (Å²) >= 11 is 0. The summed E-state index contributed by atoms with van der Waals surface area (Å²) in [6, 6.07) is 2.06. The van der Waals surface area contributed by atoms with Gasteiger partial charge in [0.1, 0.15) is 12.1 Å². The molecule has 0 spiro atoms. The molecule has 1 atom stereocenters. The lowest BCUT2D eigenvalue weighted by atomic mass is 10.1. The molecule has 1 aromatic heterocycles. The SMILES string of the molecule is CC(C)c1cc(NCC(C)C2CC2)ncn1. The van der Waals surface area contributed by atoms with Crippen molar-refractivity contribution in [1.29, 1.82) is 0 Å². The summed E-state index contributed by atoms with van der Waals surface area (Å²) in [6.07, 6.45) is 4.47. The van der Waals surface area contributed by atoms with E-state index in [0.29, 0.717) is 5.92 Å². The molecule has 1 saturated carbocycles. The zero-order chi connectivity index (χ0) is 11.5. The van der Waals surface area contributed by atoms with Crippen LogP contribution in [0, 0.1) is 11.8 Å². The van der Waals surface area contributed by atoms with Crippen LogP contribution >= 0.6 is 0 Å². The minimum absolute atomic E-state index is 0.462. The van der Waals surface area contributed by atoms with E-state index < -0.39 is 0 Å². The Kier molecular flexibility index (Phi) is 3.42. The molecular weight excluding hydrogens is 198 g/mol. The van der Waals surface area contributed by atoms with E-state index in [-0.39, 0.29) is 0 Å². The van der Waals surface area contributed by atoms with Gasteiger partial charge in [0.05, 0.1) is 0 Å². The third-order valence-electron chi connectivity index (χ3n) is 3.31. The highest BCUT2D eigenvalue weighted by Gasteiger charge is 2.27. The number of aromatic nitrogens is 2. The zero-order valence-corrected chi connectivity index (χ0v) is 10.4. The van der Waals surface area contributed by atoms with Gasteiger partial charge in [0.15, 0.2) is 0 Å². The molecule has 88 valence electrons. The normalized spacial score (nSPS) is 17.5. The Balaban J connectivity index is 1.90. The number of hydrogen-bond acceptors (Lipinski definition) is 3. The second kappa shape index (κ2) is 4.81. The van der Waals surface area contributed by atoms with Gasteiger partial charge < -0.3 is 5.32 Å². The lowest BCUT2D eigenvalue weighted by Crippen LogP contribution is -2.14. The first kappa shape index (κ1) is 11.4. The first-order valence-corrected chi connectivity index (χ1v) is 6.22. The standard InChI is InChI=1S/C13H21N3/c1-9(2)12-6-13(16-8-15-12)14-7-10(3)11-4-5-11/h6,8-11H,4-5,7H2,1-3H3,(H,14,15,16). The van der Waals surface area contributed by atoms with Gasteiger partial charge in [0.25, 0.3) is 0 Å². The van der Waals surface area contributed by atoms with Crippen molar-refractivity contribution in [2.24, 2.45) is 11.8 Å². The van der Waals surface area contributed by atoms with Crippen molar-refractivity contribution >= 4 is 5.82 Å². The number of nitrogens with zero attached hydrogens (tertiary/aromatic N) is 2. The molecular formula is C13H21N3. The molecule has 0 aliphatic heterocycles. The van der Waals surface area contributed by atoms with Crippen LogP contribution in [0.5, 0.6) is 0 Å². The highest BCUT2D eigenvalue weighted by Crippen LogP contribution is 2.36. The summed E-state index contributed by atoms with van der Waals surface area (Å²) in [5.41, 5.74) is 1.11. The van der Waals surface area contributed by atoms with E-state index in [2.05, 4.69) is 42.1 Å².